The monoisotopic (exact) mass is 624 g/mol. The van der Waals surface area contributed by atoms with Gasteiger partial charge in [0.1, 0.15) is 0 Å². The Morgan fingerprint density at radius 1 is 0.743 bits per heavy atom. The van der Waals surface area contributed by atoms with Gasteiger partial charge in [-0.05, 0) is 0 Å². The molecule has 0 saturated carbocycles. The Kier molecular flexibility index (Phi) is 8.24. The summed E-state index contributed by atoms with van der Waals surface area (Å²) in [6.07, 6.45) is 0.476. The van der Waals surface area contributed by atoms with Gasteiger partial charge in [0, 0.05) is 0 Å². The molecule has 0 bridgehead atoms. The number of nitrogens with zero attached hydrogens (tertiary/aromatic N) is 2. The molecule has 2 aliphatic heterocycles. The normalized spacial score (nSPS) is 20.5. The van der Waals surface area contributed by atoms with E-state index in [-0.39, 0.29) is 35.1 Å². The summed E-state index contributed by atoms with van der Waals surface area (Å²) in [6.45, 7) is -0.0581. The van der Waals surface area contributed by atoms with Crippen LogP contribution in [0.15, 0.2) is 60.7 Å². The Balaban J connectivity index is 1.18. The van der Waals surface area contributed by atoms with Crippen molar-refractivity contribution in [2.45, 2.75) is 22.3 Å². The zero-order chi connectivity index (χ0) is 25.0. The van der Waals surface area contributed by atoms with Crippen molar-refractivity contribution in [3.8, 4) is 0 Å². The van der Waals surface area contributed by atoms with E-state index < -0.39 is 63.1 Å². The number of β-lactam (4-membered cyclic amide) rings is 2. The number of carbonyl (C=O) groups excluding carboxylic acids is 4. The number of carbonyl (C=O) groups is 4. The molecule has 2 aromatic rings. The first kappa shape index (κ1) is 25.8. The molecule has 2 amide bonds. The summed E-state index contributed by atoms with van der Waals surface area (Å²) in [6, 6.07) is 18.3. The summed E-state index contributed by atoms with van der Waals surface area (Å²) in [5, 5.41) is 1.25. The third kappa shape index (κ3) is 6.89. The van der Waals surface area contributed by atoms with Crippen molar-refractivity contribution in [3.05, 3.63) is 71.8 Å². The molecule has 2 saturated heterocycles. The topological polar surface area (TPSA) is 127 Å². The van der Waals surface area contributed by atoms with E-state index in [9.17, 15) is 27.6 Å². The zero-order valence-corrected chi connectivity index (χ0v) is 23.3. The number of rotatable bonds is 12. The van der Waals surface area contributed by atoms with Crippen molar-refractivity contribution in [2.75, 3.05) is 13.1 Å². The molecule has 2 fully saturated rings. The minimum absolute atomic E-state index is 0.0175. The summed E-state index contributed by atoms with van der Waals surface area (Å²) in [7, 11) is -4.70. The number of amides is 2. The quantitative estimate of drug-likeness (QED) is 0.234. The molecular formula is C22H22As2N2O8S. The van der Waals surface area contributed by atoms with E-state index >= 15 is 0 Å². The molecule has 0 aliphatic carbocycles. The van der Waals surface area contributed by atoms with Gasteiger partial charge in [0.25, 0.3) is 0 Å². The Morgan fingerprint density at radius 2 is 1.11 bits per heavy atom. The van der Waals surface area contributed by atoms with Gasteiger partial charge in [-0.25, -0.2) is 0 Å². The van der Waals surface area contributed by atoms with Crippen molar-refractivity contribution in [1.29, 1.82) is 0 Å². The van der Waals surface area contributed by atoms with Crippen LogP contribution in [0.2, 0.25) is 9.41 Å². The number of hydrogen-bond donors (Lipinski definition) is 0. The third-order valence-corrected chi connectivity index (χ3v) is 11.3. The van der Waals surface area contributed by atoms with E-state index in [2.05, 4.69) is 8.57 Å². The fourth-order valence-corrected chi connectivity index (χ4v) is 9.28. The van der Waals surface area contributed by atoms with Crippen molar-refractivity contribution in [1.82, 2.24) is 10.1 Å². The summed E-state index contributed by atoms with van der Waals surface area (Å²) >= 11 is -2.58. The average molecular weight is 624 g/mol. The van der Waals surface area contributed by atoms with Gasteiger partial charge < -0.3 is 0 Å². The van der Waals surface area contributed by atoms with E-state index in [1.54, 1.807) is 0 Å². The van der Waals surface area contributed by atoms with Crippen LogP contribution >= 0.6 is 0 Å². The molecule has 4 atom stereocenters. The van der Waals surface area contributed by atoms with Crippen molar-refractivity contribution in [3.63, 3.8) is 0 Å². The van der Waals surface area contributed by atoms with Crippen molar-refractivity contribution in [2.24, 2.45) is 0 Å². The Bertz CT molecular complexity index is 1140. The van der Waals surface area contributed by atoms with Crippen LogP contribution in [0.4, 0.5) is 0 Å². The van der Waals surface area contributed by atoms with E-state index in [1.807, 2.05) is 60.7 Å². The van der Waals surface area contributed by atoms with Crippen LogP contribution in [-0.2, 0) is 51.0 Å². The average Bonchev–Trinajstić information content (AvgIpc) is 2.83. The van der Waals surface area contributed by atoms with Crippen LogP contribution in [0.3, 0.4) is 0 Å². The Morgan fingerprint density at radius 3 is 1.46 bits per heavy atom. The minimum atomic E-state index is -4.70. The van der Waals surface area contributed by atoms with Gasteiger partial charge in [-0.1, -0.05) is 0 Å². The maximum absolute atomic E-state index is 12.2. The van der Waals surface area contributed by atoms with Gasteiger partial charge >= 0.3 is 216 Å². The predicted octanol–water partition coefficient (Wildman–Crippen LogP) is -0.233. The maximum atomic E-state index is 12.2. The Hall–Kier alpha value is -2.29. The number of hydroxylamine groups is 4. The molecule has 0 aromatic heterocycles. The second kappa shape index (κ2) is 11.2. The van der Waals surface area contributed by atoms with Crippen molar-refractivity contribution >= 4 is 62.9 Å². The predicted molar refractivity (Wildman–Crippen MR) is 127 cm³/mol. The number of hydrogen-bond acceptors (Lipinski definition) is 8. The first-order valence-electron chi connectivity index (χ1n) is 10.6. The van der Waals surface area contributed by atoms with E-state index in [1.165, 1.54) is 0 Å². The molecule has 13 heteroatoms. The van der Waals surface area contributed by atoms with Gasteiger partial charge in [0.2, 0.25) is 0 Å². The second-order valence-electron chi connectivity index (χ2n) is 7.92. The van der Waals surface area contributed by atoms with Crippen LogP contribution in [0.1, 0.15) is 11.1 Å². The van der Waals surface area contributed by atoms with Gasteiger partial charge in [0.15, 0.2) is 0 Å². The first-order valence-corrected chi connectivity index (χ1v) is 16.5. The molecule has 2 aliphatic rings. The zero-order valence-electron chi connectivity index (χ0n) is 18.3. The molecule has 2 heterocycles. The summed E-state index contributed by atoms with van der Waals surface area (Å²) in [5.74, 6) is -1.19. The SMILES string of the molecule is O=C(Cc1ccccc1)[AsH][C@H]1CN(OS(=O)(=O)ON2C[C@H]([AsH]C(=O)Cc3ccccc3)C2=O)C1=O. The molecule has 4 rings (SSSR count). The van der Waals surface area contributed by atoms with Crippen LogP contribution in [0.5, 0.6) is 0 Å². The van der Waals surface area contributed by atoms with Crippen molar-refractivity contribution < 1.29 is 36.2 Å². The fourth-order valence-electron chi connectivity index (χ4n) is 3.43. The van der Waals surface area contributed by atoms with E-state index in [0.717, 1.165) is 11.1 Å². The third-order valence-electron chi connectivity index (χ3n) is 5.23. The van der Waals surface area contributed by atoms with Crippen LogP contribution in [0.25, 0.3) is 0 Å². The number of benzene rings is 2. The molecule has 184 valence electrons. The summed E-state index contributed by atoms with van der Waals surface area (Å²) in [4.78, 5) is 48.9. The Labute approximate surface area is 215 Å². The van der Waals surface area contributed by atoms with Crippen LogP contribution in [-0.4, -0.2) is 84.1 Å². The standard InChI is InChI=1S/C22H22As2N2O8S/c27-19(11-15-7-3-1-4-8-15)23-17-13-25(21(17)29)33-35(31,32)34-26-14-18(22(26)30)24-20(28)12-16-9-5-2-6-10-16/h1-10,17-18,23-24H,11-14H2/t17-,18-/m0/s1. The molecule has 10 nitrogen and oxygen atoms in total. The summed E-state index contributed by atoms with van der Waals surface area (Å²) < 4.78 is 32.4. The van der Waals surface area contributed by atoms with E-state index in [0.29, 0.717) is 10.1 Å². The fraction of sp³-hybridized carbons (Fsp3) is 0.273. The molecule has 0 radical (unpaired) electrons. The molecule has 2 aromatic carbocycles. The molecule has 2 unspecified atom stereocenters. The van der Waals surface area contributed by atoms with Crippen LogP contribution in [0, 0.1) is 0 Å². The second-order valence-corrected chi connectivity index (χ2v) is 15.5. The van der Waals surface area contributed by atoms with Gasteiger partial charge in [-0.2, -0.15) is 0 Å². The van der Waals surface area contributed by atoms with Gasteiger partial charge in [-0.15, -0.1) is 0 Å². The van der Waals surface area contributed by atoms with E-state index in [4.69, 9.17) is 0 Å². The molecule has 0 N–H and O–H groups in total. The molecule has 0 spiro atoms. The van der Waals surface area contributed by atoms with Gasteiger partial charge in [-0.3, -0.25) is 0 Å². The van der Waals surface area contributed by atoms with Crippen LogP contribution < -0.4 is 0 Å². The first-order chi connectivity index (χ1) is 16.7. The molecular weight excluding hydrogens is 602 g/mol. The summed E-state index contributed by atoms with van der Waals surface area (Å²) in [5.41, 5.74) is 1.72. The van der Waals surface area contributed by atoms with Gasteiger partial charge in [0.05, 0.1) is 0 Å². The molecule has 35 heavy (non-hydrogen) atoms.